The first kappa shape index (κ1) is 16.2. The van der Waals surface area contributed by atoms with Gasteiger partial charge >= 0.3 is 0 Å². The molecular weight excluding hydrogens is 284 g/mol. The van der Waals surface area contributed by atoms with Crippen molar-refractivity contribution in [2.45, 2.75) is 39.0 Å². The number of hydrogen-bond acceptors (Lipinski definition) is 4. The second-order valence-electron chi connectivity index (χ2n) is 6.26. The van der Waals surface area contributed by atoms with Crippen LogP contribution in [0.2, 0.25) is 0 Å². The van der Waals surface area contributed by atoms with Crippen molar-refractivity contribution in [2.24, 2.45) is 5.73 Å². The van der Waals surface area contributed by atoms with Gasteiger partial charge in [-0.3, -0.25) is 4.90 Å². The lowest BCUT2D eigenvalue weighted by Gasteiger charge is -2.41. The third-order valence-electron chi connectivity index (χ3n) is 3.58. The van der Waals surface area contributed by atoms with Gasteiger partial charge < -0.3 is 15.2 Å². The second-order valence-corrected chi connectivity index (χ2v) is 6.70. The molecule has 21 heavy (non-hydrogen) atoms. The summed E-state index contributed by atoms with van der Waals surface area (Å²) in [4.78, 5) is 2.77. The number of rotatable bonds is 4. The van der Waals surface area contributed by atoms with Gasteiger partial charge in [0.25, 0.3) is 0 Å². The van der Waals surface area contributed by atoms with Gasteiger partial charge in [0.15, 0.2) is 0 Å². The molecule has 1 unspecified atom stereocenters. The van der Waals surface area contributed by atoms with E-state index in [9.17, 15) is 0 Å². The van der Waals surface area contributed by atoms with Crippen LogP contribution in [0.5, 0.6) is 5.75 Å². The molecule has 116 valence electrons. The van der Waals surface area contributed by atoms with E-state index in [1.54, 1.807) is 7.11 Å². The van der Waals surface area contributed by atoms with Gasteiger partial charge in [0, 0.05) is 19.6 Å². The Hall–Kier alpha value is -1.17. The van der Waals surface area contributed by atoms with Crippen LogP contribution in [0.4, 0.5) is 0 Å². The molecular formula is C16H24N2O2S. The van der Waals surface area contributed by atoms with Crippen molar-refractivity contribution in [1.82, 2.24) is 4.90 Å². The number of nitrogens with zero attached hydrogens (tertiary/aromatic N) is 1. The Balaban J connectivity index is 2.16. The third-order valence-corrected chi connectivity index (χ3v) is 3.80. The maximum absolute atomic E-state index is 5.94. The molecule has 1 aromatic rings. The molecule has 5 heteroatoms. The Bertz CT molecular complexity index is 531. The molecule has 0 amide bonds. The lowest BCUT2D eigenvalue weighted by Crippen LogP contribution is -2.51. The van der Waals surface area contributed by atoms with Crippen LogP contribution < -0.4 is 10.5 Å². The van der Waals surface area contributed by atoms with Crippen molar-refractivity contribution >= 4 is 17.2 Å². The first-order valence-corrected chi connectivity index (χ1v) is 7.58. The highest BCUT2D eigenvalue weighted by atomic mass is 32.1. The lowest BCUT2D eigenvalue weighted by molar-refractivity contribution is -0.130. The first-order chi connectivity index (χ1) is 9.80. The summed E-state index contributed by atoms with van der Waals surface area (Å²) in [6.07, 6.45) is 0.238. The molecule has 1 atom stereocenters. The quantitative estimate of drug-likeness (QED) is 0.865. The minimum absolute atomic E-state index is 0.115. The predicted molar refractivity (Wildman–Crippen MR) is 88.8 cm³/mol. The maximum Gasteiger partial charge on any atom is 0.129 e. The van der Waals surface area contributed by atoms with Crippen molar-refractivity contribution in [3.63, 3.8) is 0 Å². The van der Waals surface area contributed by atoms with Gasteiger partial charge in [0.1, 0.15) is 10.7 Å². The van der Waals surface area contributed by atoms with Gasteiger partial charge in [-0.2, -0.15) is 0 Å². The average Bonchev–Trinajstić information content (AvgIpc) is 2.36. The van der Waals surface area contributed by atoms with E-state index in [1.165, 1.54) is 5.56 Å². The highest BCUT2D eigenvalue weighted by Crippen LogP contribution is 2.24. The lowest BCUT2D eigenvalue weighted by atomic mass is 10.0. The van der Waals surface area contributed by atoms with E-state index in [0.717, 1.165) is 30.9 Å². The third kappa shape index (κ3) is 4.15. The molecule has 4 nitrogen and oxygen atoms in total. The van der Waals surface area contributed by atoms with E-state index >= 15 is 0 Å². The van der Waals surface area contributed by atoms with Crippen LogP contribution in [-0.2, 0) is 11.3 Å². The molecule has 2 rings (SSSR count). The summed E-state index contributed by atoms with van der Waals surface area (Å²) < 4.78 is 11.2. The van der Waals surface area contributed by atoms with E-state index in [2.05, 4.69) is 31.7 Å². The number of hydrogen-bond donors (Lipinski definition) is 1. The van der Waals surface area contributed by atoms with Crippen LogP contribution in [0.1, 0.15) is 31.9 Å². The monoisotopic (exact) mass is 308 g/mol. The molecule has 1 aliphatic rings. The number of morpholine rings is 1. The minimum Gasteiger partial charge on any atom is -0.496 e. The van der Waals surface area contributed by atoms with Crippen molar-refractivity contribution < 1.29 is 9.47 Å². The zero-order valence-electron chi connectivity index (χ0n) is 13.2. The Morgan fingerprint density at radius 2 is 2.24 bits per heavy atom. The average molecular weight is 308 g/mol. The zero-order chi connectivity index (χ0) is 15.6. The molecule has 0 aliphatic carbocycles. The molecule has 0 radical (unpaired) electrons. The van der Waals surface area contributed by atoms with Crippen molar-refractivity contribution in [3.8, 4) is 5.75 Å². The van der Waals surface area contributed by atoms with E-state index in [0.29, 0.717) is 4.99 Å². The highest BCUT2D eigenvalue weighted by Gasteiger charge is 2.31. The van der Waals surface area contributed by atoms with Gasteiger partial charge in [0.05, 0.1) is 24.4 Å². The molecule has 0 bridgehead atoms. The Morgan fingerprint density at radius 1 is 1.52 bits per heavy atom. The molecule has 0 saturated carbocycles. The summed E-state index contributed by atoms with van der Waals surface area (Å²) in [5.41, 5.74) is 7.64. The smallest absolute Gasteiger partial charge is 0.129 e. The Labute approximate surface area is 132 Å². The molecule has 2 N–H and O–H groups in total. The van der Waals surface area contributed by atoms with Crippen LogP contribution in [0.25, 0.3) is 0 Å². The SMILES string of the molecule is COc1ccc(CN2CC(C)OC(C)(C)C2)cc1C(N)=S. The van der Waals surface area contributed by atoms with Crippen LogP contribution in [0.15, 0.2) is 18.2 Å². The van der Waals surface area contributed by atoms with Crippen LogP contribution in [0, 0.1) is 0 Å². The number of methoxy groups -OCH3 is 1. The Morgan fingerprint density at radius 3 is 2.81 bits per heavy atom. The first-order valence-electron chi connectivity index (χ1n) is 7.17. The van der Waals surface area contributed by atoms with E-state index in [1.807, 2.05) is 12.1 Å². The zero-order valence-corrected chi connectivity index (χ0v) is 14.0. The molecule has 1 saturated heterocycles. The van der Waals surface area contributed by atoms with Crippen molar-refractivity contribution in [3.05, 3.63) is 29.3 Å². The van der Waals surface area contributed by atoms with Crippen LogP contribution in [0.3, 0.4) is 0 Å². The fourth-order valence-corrected chi connectivity index (χ4v) is 3.17. The minimum atomic E-state index is -0.115. The molecule has 0 spiro atoms. The van der Waals surface area contributed by atoms with Crippen molar-refractivity contribution in [1.29, 1.82) is 0 Å². The van der Waals surface area contributed by atoms with E-state index in [4.69, 9.17) is 27.4 Å². The fourth-order valence-electron chi connectivity index (χ4n) is 3.01. The summed E-state index contributed by atoms with van der Waals surface area (Å²) in [6, 6.07) is 6.01. The van der Waals surface area contributed by atoms with Gasteiger partial charge in [-0.1, -0.05) is 18.3 Å². The molecule has 1 aromatic carbocycles. The topological polar surface area (TPSA) is 47.7 Å². The van der Waals surface area contributed by atoms with Gasteiger partial charge in [-0.25, -0.2) is 0 Å². The van der Waals surface area contributed by atoms with Crippen LogP contribution in [-0.4, -0.2) is 41.8 Å². The van der Waals surface area contributed by atoms with Crippen LogP contribution >= 0.6 is 12.2 Å². The number of ether oxygens (including phenoxy) is 2. The summed E-state index contributed by atoms with van der Waals surface area (Å²) in [7, 11) is 1.63. The van der Waals surface area contributed by atoms with E-state index in [-0.39, 0.29) is 11.7 Å². The summed E-state index contributed by atoms with van der Waals surface area (Å²) in [6.45, 7) is 9.07. The summed E-state index contributed by atoms with van der Waals surface area (Å²) in [5, 5.41) is 0. The maximum atomic E-state index is 5.94. The Kier molecular flexibility index (Phi) is 4.86. The highest BCUT2D eigenvalue weighted by molar-refractivity contribution is 7.80. The molecule has 1 heterocycles. The van der Waals surface area contributed by atoms with Gasteiger partial charge in [-0.05, 0) is 38.5 Å². The number of nitrogens with two attached hydrogens (primary N) is 1. The number of thiocarbonyl (C=S) groups is 1. The van der Waals surface area contributed by atoms with E-state index < -0.39 is 0 Å². The molecule has 1 aliphatic heterocycles. The fraction of sp³-hybridized carbons (Fsp3) is 0.562. The molecule has 0 aromatic heterocycles. The van der Waals surface area contributed by atoms with Gasteiger partial charge in [0.2, 0.25) is 0 Å². The predicted octanol–water partition coefficient (Wildman–Crippen LogP) is 2.33. The second kappa shape index (κ2) is 6.30. The largest absolute Gasteiger partial charge is 0.496 e. The normalized spacial score (nSPS) is 22.0. The van der Waals surface area contributed by atoms with Crippen molar-refractivity contribution in [2.75, 3.05) is 20.2 Å². The standard InChI is InChI=1S/C16H24N2O2S/c1-11-8-18(10-16(2,3)20-11)9-12-5-6-14(19-4)13(7-12)15(17)21/h5-7,11H,8-10H2,1-4H3,(H2,17,21). The molecule has 1 fully saturated rings. The van der Waals surface area contributed by atoms with Gasteiger partial charge in [-0.15, -0.1) is 0 Å². The summed E-state index contributed by atoms with van der Waals surface area (Å²) >= 11 is 5.10. The number of benzene rings is 1. The summed E-state index contributed by atoms with van der Waals surface area (Å²) in [5.74, 6) is 0.724.